The van der Waals surface area contributed by atoms with E-state index in [1.165, 1.54) is 0 Å². The van der Waals surface area contributed by atoms with Gasteiger partial charge in [0.15, 0.2) is 0 Å². The molecule has 0 bridgehead atoms. The SMILES string of the molecule is Fc1ccc(C(F)(F)F)c(C(F)(F)F)c1CCl. The second-order valence-electron chi connectivity index (χ2n) is 3.08. The molecule has 0 amide bonds. The Bertz CT molecular complexity index is 419. The van der Waals surface area contributed by atoms with Gasteiger partial charge in [-0.3, -0.25) is 0 Å². The summed E-state index contributed by atoms with van der Waals surface area (Å²) in [5.41, 5.74) is -5.21. The van der Waals surface area contributed by atoms with Gasteiger partial charge in [-0.2, -0.15) is 26.3 Å². The molecule has 0 radical (unpaired) electrons. The van der Waals surface area contributed by atoms with Crippen molar-refractivity contribution in [3.63, 3.8) is 0 Å². The Labute approximate surface area is 96.0 Å². The van der Waals surface area contributed by atoms with Crippen LogP contribution in [0.2, 0.25) is 0 Å². The molecular weight excluding hydrogens is 277 g/mol. The number of rotatable bonds is 1. The molecule has 0 N–H and O–H groups in total. The fourth-order valence-electron chi connectivity index (χ4n) is 1.31. The summed E-state index contributed by atoms with van der Waals surface area (Å²) < 4.78 is 87.5. The van der Waals surface area contributed by atoms with Crippen molar-refractivity contribution in [3.05, 3.63) is 34.6 Å². The van der Waals surface area contributed by atoms with Gasteiger partial charge in [0.05, 0.1) is 17.0 Å². The second kappa shape index (κ2) is 4.36. The number of halogens is 8. The Morgan fingerprint density at radius 3 is 1.82 bits per heavy atom. The lowest BCUT2D eigenvalue weighted by molar-refractivity contribution is -0.162. The van der Waals surface area contributed by atoms with E-state index in [0.29, 0.717) is 6.07 Å². The molecule has 0 aliphatic carbocycles. The zero-order chi connectivity index (χ0) is 13.4. The van der Waals surface area contributed by atoms with Crippen molar-refractivity contribution in [1.82, 2.24) is 0 Å². The van der Waals surface area contributed by atoms with E-state index in [9.17, 15) is 30.7 Å². The van der Waals surface area contributed by atoms with Crippen LogP contribution in [0, 0.1) is 5.82 Å². The van der Waals surface area contributed by atoms with Crippen molar-refractivity contribution in [1.29, 1.82) is 0 Å². The normalized spacial score (nSPS) is 12.9. The monoisotopic (exact) mass is 280 g/mol. The zero-order valence-corrected chi connectivity index (χ0v) is 8.64. The van der Waals surface area contributed by atoms with Gasteiger partial charge in [-0.25, -0.2) is 4.39 Å². The van der Waals surface area contributed by atoms with Gasteiger partial charge in [-0.05, 0) is 12.1 Å². The largest absolute Gasteiger partial charge is 0.417 e. The van der Waals surface area contributed by atoms with Crippen LogP contribution in [-0.2, 0) is 18.2 Å². The number of hydrogen-bond acceptors (Lipinski definition) is 0. The molecule has 0 unspecified atom stereocenters. The average molecular weight is 281 g/mol. The molecule has 0 atom stereocenters. The first kappa shape index (κ1) is 14.1. The Balaban J connectivity index is 3.64. The first-order valence-corrected chi connectivity index (χ1v) is 4.64. The summed E-state index contributed by atoms with van der Waals surface area (Å²) in [7, 11) is 0. The van der Waals surface area contributed by atoms with Gasteiger partial charge >= 0.3 is 12.4 Å². The molecule has 0 saturated carbocycles. The van der Waals surface area contributed by atoms with Gasteiger partial charge in [0.1, 0.15) is 5.82 Å². The quantitative estimate of drug-likeness (QED) is 0.521. The van der Waals surface area contributed by atoms with Crippen LogP contribution in [0.3, 0.4) is 0 Å². The molecule has 1 aromatic carbocycles. The maximum atomic E-state index is 13.0. The Morgan fingerprint density at radius 1 is 0.941 bits per heavy atom. The van der Waals surface area contributed by atoms with E-state index >= 15 is 0 Å². The van der Waals surface area contributed by atoms with Gasteiger partial charge in [-0.1, -0.05) is 0 Å². The third-order valence-corrected chi connectivity index (χ3v) is 2.25. The molecule has 17 heavy (non-hydrogen) atoms. The zero-order valence-electron chi connectivity index (χ0n) is 7.89. The molecule has 0 fully saturated rings. The Morgan fingerprint density at radius 2 is 1.47 bits per heavy atom. The number of hydrogen-bond donors (Lipinski definition) is 0. The van der Waals surface area contributed by atoms with Gasteiger partial charge in [0.25, 0.3) is 0 Å². The van der Waals surface area contributed by atoms with E-state index in [4.69, 9.17) is 11.6 Å². The van der Waals surface area contributed by atoms with Crippen LogP contribution in [0.5, 0.6) is 0 Å². The first-order chi connectivity index (χ1) is 7.59. The summed E-state index contributed by atoms with van der Waals surface area (Å²) in [6.07, 6.45) is -10.5. The lowest BCUT2D eigenvalue weighted by Gasteiger charge is -2.18. The third-order valence-electron chi connectivity index (χ3n) is 1.98. The summed E-state index contributed by atoms with van der Waals surface area (Å²) in [6, 6.07) is 0.365. The summed E-state index contributed by atoms with van der Waals surface area (Å²) >= 11 is 5.06. The Kier molecular flexibility index (Phi) is 3.61. The van der Waals surface area contributed by atoms with Crippen LogP contribution < -0.4 is 0 Å². The van der Waals surface area contributed by atoms with Crippen LogP contribution in [0.25, 0.3) is 0 Å². The highest BCUT2D eigenvalue weighted by Gasteiger charge is 2.45. The van der Waals surface area contributed by atoms with Crippen molar-refractivity contribution in [3.8, 4) is 0 Å². The minimum absolute atomic E-state index is 0.0498. The summed E-state index contributed by atoms with van der Waals surface area (Å²) in [5, 5.41) is 0. The van der Waals surface area contributed by atoms with Crippen LogP contribution >= 0.6 is 11.6 Å². The van der Waals surface area contributed by atoms with E-state index in [1.54, 1.807) is 0 Å². The van der Waals surface area contributed by atoms with Crippen LogP contribution in [0.1, 0.15) is 16.7 Å². The molecule has 0 nitrogen and oxygen atoms in total. The molecule has 0 aliphatic heterocycles. The van der Waals surface area contributed by atoms with Crippen LogP contribution in [-0.4, -0.2) is 0 Å². The van der Waals surface area contributed by atoms with Crippen LogP contribution in [0.15, 0.2) is 12.1 Å². The molecule has 0 spiro atoms. The smallest absolute Gasteiger partial charge is 0.207 e. The minimum Gasteiger partial charge on any atom is -0.207 e. The molecule has 8 heteroatoms. The van der Waals surface area contributed by atoms with E-state index < -0.39 is 40.7 Å². The third kappa shape index (κ3) is 2.83. The standard InChI is InChI=1S/C9H4ClF7/c10-3-4-6(11)2-1-5(8(12,13)14)7(4)9(15,16)17/h1-2H,3H2. The van der Waals surface area contributed by atoms with Gasteiger partial charge in [0, 0.05) is 5.56 Å². The van der Waals surface area contributed by atoms with Gasteiger partial charge in [0.2, 0.25) is 0 Å². The summed E-state index contributed by atoms with van der Waals surface area (Å²) in [6.45, 7) is 0. The van der Waals surface area contributed by atoms with Crippen molar-refractivity contribution < 1.29 is 30.7 Å². The van der Waals surface area contributed by atoms with E-state index in [-0.39, 0.29) is 6.07 Å². The fraction of sp³-hybridized carbons (Fsp3) is 0.333. The predicted octanol–water partition coefficient (Wildman–Crippen LogP) is 4.60. The number of alkyl halides is 7. The summed E-state index contributed by atoms with van der Waals surface area (Å²) in [5.74, 6) is -2.41. The molecule has 1 rings (SSSR count). The van der Waals surface area contributed by atoms with Crippen molar-refractivity contribution in [2.24, 2.45) is 0 Å². The lowest BCUT2D eigenvalue weighted by Crippen LogP contribution is -2.19. The van der Waals surface area contributed by atoms with Gasteiger partial charge in [-0.15, -0.1) is 11.6 Å². The first-order valence-electron chi connectivity index (χ1n) is 4.10. The molecular formula is C9H4ClF7. The molecule has 0 aliphatic rings. The topological polar surface area (TPSA) is 0 Å². The highest BCUT2D eigenvalue weighted by molar-refractivity contribution is 6.17. The van der Waals surface area contributed by atoms with Gasteiger partial charge < -0.3 is 0 Å². The molecule has 96 valence electrons. The maximum absolute atomic E-state index is 13.0. The van der Waals surface area contributed by atoms with Crippen molar-refractivity contribution >= 4 is 11.6 Å². The maximum Gasteiger partial charge on any atom is 0.417 e. The van der Waals surface area contributed by atoms with E-state index in [1.807, 2.05) is 0 Å². The van der Waals surface area contributed by atoms with Crippen LogP contribution in [0.4, 0.5) is 30.7 Å². The minimum atomic E-state index is -5.32. The van der Waals surface area contributed by atoms with Crippen molar-refractivity contribution in [2.75, 3.05) is 0 Å². The van der Waals surface area contributed by atoms with E-state index in [0.717, 1.165) is 0 Å². The molecule has 0 aromatic heterocycles. The lowest BCUT2D eigenvalue weighted by atomic mass is 10.0. The molecule has 1 aromatic rings. The van der Waals surface area contributed by atoms with Crippen molar-refractivity contribution in [2.45, 2.75) is 18.2 Å². The summed E-state index contributed by atoms with van der Waals surface area (Å²) in [4.78, 5) is 0. The second-order valence-corrected chi connectivity index (χ2v) is 3.34. The molecule has 0 heterocycles. The number of benzene rings is 1. The predicted molar refractivity (Wildman–Crippen MR) is 46.0 cm³/mol. The average Bonchev–Trinajstić information content (AvgIpc) is 2.13. The fourth-order valence-corrected chi connectivity index (χ4v) is 1.57. The highest BCUT2D eigenvalue weighted by Crippen LogP contribution is 2.43. The Hall–Kier alpha value is -0.980. The molecule has 0 saturated heterocycles. The highest BCUT2D eigenvalue weighted by atomic mass is 35.5. The van der Waals surface area contributed by atoms with E-state index in [2.05, 4.69) is 0 Å².